The van der Waals surface area contributed by atoms with Gasteiger partial charge in [0.25, 0.3) is 0 Å². The fourth-order valence-electron chi connectivity index (χ4n) is 1.55. The van der Waals surface area contributed by atoms with E-state index in [0.717, 1.165) is 19.0 Å². The smallest absolute Gasteiger partial charge is 0.00790 e. The first-order valence-corrected chi connectivity index (χ1v) is 6.57. The molecule has 0 unspecified atom stereocenters. The zero-order valence-electron chi connectivity index (χ0n) is 11.1. The van der Waals surface area contributed by atoms with Crippen molar-refractivity contribution in [3.8, 4) is 0 Å². The largest absolute Gasteiger partial charge is 0.315 e. The highest BCUT2D eigenvalue weighted by Gasteiger charge is 1.94. The number of hydrogen-bond acceptors (Lipinski definition) is 2. The lowest BCUT2D eigenvalue weighted by Crippen LogP contribution is -2.31. The van der Waals surface area contributed by atoms with Gasteiger partial charge in [-0.25, -0.2) is 0 Å². The van der Waals surface area contributed by atoms with Gasteiger partial charge in [0.05, 0.1) is 0 Å². The van der Waals surface area contributed by atoms with Crippen LogP contribution in [0.2, 0.25) is 0 Å². The van der Waals surface area contributed by atoms with Crippen LogP contribution in [-0.4, -0.2) is 25.7 Å². The van der Waals surface area contributed by atoms with Gasteiger partial charge in [0, 0.05) is 19.1 Å². The van der Waals surface area contributed by atoms with Gasteiger partial charge in [-0.15, -0.1) is 0 Å². The molecule has 2 N–H and O–H groups in total. The second kappa shape index (κ2) is 10.4. The van der Waals surface area contributed by atoms with Crippen LogP contribution in [0, 0.1) is 5.92 Å². The molecule has 0 bridgehead atoms. The van der Waals surface area contributed by atoms with Crippen molar-refractivity contribution in [2.45, 2.75) is 59.4 Å². The maximum atomic E-state index is 3.47. The molecular weight excluding hydrogens is 184 g/mol. The van der Waals surface area contributed by atoms with E-state index in [2.05, 4.69) is 38.3 Å². The zero-order chi connectivity index (χ0) is 11.5. The molecule has 0 amide bonds. The zero-order valence-corrected chi connectivity index (χ0v) is 11.1. The lowest BCUT2D eigenvalue weighted by Gasteiger charge is -2.09. The maximum Gasteiger partial charge on any atom is 0.00790 e. The monoisotopic (exact) mass is 214 g/mol. The highest BCUT2D eigenvalue weighted by molar-refractivity contribution is 4.56. The highest BCUT2D eigenvalue weighted by Crippen LogP contribution is 2.07. The Balaban J connectivity index is 2.93. The van der Waals surface area contributed by atoms with Gasteiger partial charge in [-0.3, -0.25) is 0 Å². The molecule has 0 atom stereocenters. The summed E-state index contributed by atoms with van der Waals surface area (Å²) < 4.78 is 0. The molecule has 2 heteroatoms. The molecule has 0 aromatic rings. The molecule has 0 aliphatic heterocycles. The van der Waals surface area contributed by atoms with Gasteiger partial charge in [-0.2, -0.15) is 0 Å². The first kappa shape index (κ1) is 14.9. The van der Waals surface area contributed by atoms with Crippen LogP contribution in [0.15, 0.2) is 0 Å². The molecule has 0 saturated heterocycles. The van der Waals surface area contributed by atoms with E-state index >= 15 is 0 Å². The Bertz CT molecular complexity index is 108. The van der Waals surface area contributed by atoms with Gasteiger partial charge in [-0.05, 0) is 18.9 Å². The molecule has 15 heavy (non-hydrogen) atoms. The van der Waals surface area contributed by atoms with E-state index < -0.39 is 0 Å². The highest BCUT2D eigenvalue weighted by atomic mass is 14.9. The maximum absolute atomic E-state index is 3.47. The van der Waals surface area contributed by atoms with E-state index in [4.69, 9.17) is 0 Å². The van der Waals surface area contributed by atoms with Crippen LogP contribution in [0.3, 0.4) is 0 Å². The van der Waals surface area contributed by atoms with Crippen molar-refractivity contribution >= 4 is 0 Å². The minimum absolute atomic E-state index is 0.609. The van der Waals surface area contributed by atoms with Gasteiger partial charge < -0.3 is 10.6 Å². The Morgan fingerprint density at radius 1 is 0.800 bits per heavy atom. The molecule has 0 radical (unpaired) electrons. The first-order valence-electron chi connectivity index (χ1n) is 6.57. The Hall–Kier alpha value is -0.0800. The van der Waals surface area contributed by atoms with Gasteiger partial charge >= 0.3 is 0 Å². The van der Waals surface area contributed by atoms with E-state index in [0.29, 0.717) is 6.04 Å². The molecule has 0 fully saturated rings. The average Bonchev–Trinajstić information content (AvgIpc) is 2.14. The molecule has 92 valence electrons. The fourth-order valence-corrected chi connectivity index (χ4v) is 1.55. The Morgan fingerprint density at radius 2 is 1.53 bits per heavy atom. The van der Waals surface area contributed by atoms with Crippen LogP contribution in [0.5, 0.6) is 0 Å². The topological polar surface area (TPSA) is 24.1 Å². The summed E-state index contributed by atoms with van der Waals surface area (Å²) in [7, 11) is 0. The van der Waals surface area contributed by atoms with Crippen molar-refractivity contribution in [1.82, 2.24) is 10.6 Å². The lowest BCUT2D eigenvalue weighted by molar-refractivity contribution is 0.507. The molecule has 0 aromatic heterocycles. The fraction of sp³-hybridized carbons (Fsp3) is 1.00. The minimum atomic E-state index is 0.609. The van der Waals surface area contributed by atoms with Crippen molar-refractivity contribution in [2.75, 3.05) is 19.6 Å². The summed E-state index contributed by atoms with van der Waals surface area (Å²) in [4.78, 5) is 0. The van der Waals surface area contributed by atoms with Crippen molar-refractivity contribution in [3.63, 3.8) is 0 Å². The molecule has 0 aromatic carbocycles. The molecular formula is C13H30N2. The molecule has 0 heterocycles. The van der Waals surface area contributed by atoms with Crippen molar-refractivity contribution in [2.24, 2.45) is 5.92 Å². The van der Waals surface area contributed by atoms with Gasteiger partial charge in [0.15, 0.2) is 0 Å². The Morgan fingerprint density at radius 3 is 2.13 bits per heavy atom. The number of rotatable bonds is 10. The first-order chi connectivity index (χ1) is 7.13. The predicted octanol–water partition coefficient (Wildman–Crippen LogP) is 2.79. The van der Waals surface area contributed by atoms with E-state index in [1.165, 1.54) is 32.2 Å². The summed E-state index contributed by atoms with van der Waals surface area (Å²) in [5, 5.41) is 6.87. The quantitative estimate of drug-likeness (QED) is 0.546. The van der Waals surface area contributed by atoms with Crippen molar-refractivity contribution < 1.29 is 0 Å². The van der Waals surface area contributed by atoms with Gasteiger partial charge in [-0.1, -0.05) is 47.0 Å². The SMILES string of the molecule is CC(C)CCCCCNCCNC(C)C. The predicted molar refractivity (Wildman–Crippen MR) is 69.3 cm³/mol. The molecule has 0 rings (SSSR count). The van der Waals surface area contributed by atoms with Crippen LogP contribution in [0.4, 0.5) is 0 Å². The van der Waals surface area contributed by atoms with Crippen LogP contribution in [0.1, 0.15) is 53.4 Å². The second-order valence-corrected chi connectivity index (χ2v) is 5.10. The van der Waals surface area contributed by atoms with Crippen LogP contribution >= 0.6 is 0 Å². The van der Waals surface area contributed by atoms with Crippen molar-refractivity contribution in [1.29, 1.82) is 0 Å². The third-order valence-electron chi connectivity index (χ3n) is 2.49. The standard InChI is InChI=1S/C13H30N2/c1-12(2)8-6-5-7-9-14-10-11-15-13(3)4/h12-15H,5-11H2,1-4H3. The molecule has 0 aliphatic carbocycles. The van der Waals surface area contributed by atoms with E-state index in [9.17, 15) is 0 Å². The number of hydrogen-bond donors (Lipinski definition) is 2. The average molecular weight is 214 g/mol. The summed E-state index contributed by atoms with van der Waals surface area (Å²) in [5.41, 5.74) is 0. The molecule has 0 spiro atoms. The Labute approximate surface area is 96.2 Å². The van der Waals surface area contributed by atoms with E-state index in [1.54, 1.807) is 0 Å². The van der Waals surface area contributed by atoms with Crippen molar-refractivity contribution in [3.05, 3.63) is 0 Å². The molecule has 2 nitrogen and oxygen atoms in total. The molecule has 0 aliphatic rings. The number of nitrogens with one attached hydrogen (secondary N) is 2. The molecule has 0 saturated carbocycles. The van der Waals surface area contributed by atoms with Crippen LogP contribution < -0.4 is 10.6 Å². The van der Waals surface area contributed by atoms with Gasteiger partial charge in [0.1, 0.15) is 0 Å². The van der Waals surface area contributed by atoms with Crippen LogP contribution in [0.25, 0.3) is 0 Å². The second-order valence-electron chi connectivity index (χ2n) is 5.10. The third-order valence-corrected chi connectivity index (χ3v) is 2.49. The van der Waals surface area contributed by atoms with E-state index in [-0.39, 0.29) is 0 Å². The number of unbranched alkanes of at least 4 members (excludes halogenated alkanes) is 2. The summed E-state index contributed by atoms with van der Waals surface area (Å²) in [5.74, 6) is 0.869. The summed E-state index contributed by atoms with van der Waals surface area (Å²) in [6.07, 6.45) is 5.48. The van der Waals surface area contributed by atoms with E-state index in [1.807, 2.05) is 0 Å². The summed E-state index contributed by atoms with van der Waals surface area (Å²) in [6.45, 7) is 12.3. The minimum Gasteiger partial charge on any atom is -0.315 e. The lowest BCUT2D eigenvalue weighted by atomic mass is 10.1. The normalized spacial score (nSPS) is 11.6. The Kier molecular flexibility index (Phi) is 10.4. The van der Waals surface area contributed by atoms with Crippen LogP contribution in [-0.2, 0) is 0 Å². The summed E-state index contributed by atoms with van der Waals surface area (Å²) in [6, 6.07) is 0.609. The summed E-state index contributed by atoms with van der Waals surface area (Å²) >= 11 is 0. The van der Waals surface area contributed by atoms with Gasteiger partial charge in [0.2, 0.25) is 0 Å². The third kappa shape index (κ3) is 13.9.